The second-order valence-corrected chi connectivity index (χ2v) is 3.50. The van der Waals surface area contributed by atoms with Crippen LogP contribution in [0.1, 0.15) is 39.2 Å². The third-order valence-corrected chi connectivity index (χ3v) is 2.27. The molecule has 0 radical (unpaired) electrons. The molecule has 0 fully saturated rings. The van der Waals surface area contributed by atoms with Gasteiger partial charge in [0.2, 0.25) is 5.95 Å². The van der Waals surface area contributed by atoms with Gasteiger partial charge in [-0.15, -0.1) is 0 Å². The van der Waals surface area contributed by atoms with E-state index in [1.54, 1.807) is 0 Å². The molecule has 0 bridgehead atoms. The number of aliphatic hydroxyl groups is 1. The van der Waals surface area contributed by atoms with E-state index >= 15 is 0 Å². The molecule has 0 spiro atoms. The number of nitrogens with one attached hydrogen (secondary N) is 1. The Bertz CT molecular complexity index is 333. The molecule has 0 atom stereocenters. The number of unbranched alkanes of at least 4 members (excludes halogenated alkanes) is 1. The zero-order valence-corrected chi connectivity index (χ0v) is 11.4. The van der Waals surface area contributed by atoms with E-state index in [0.29, 0.717) is 11.4 Å². The minimum Gasteiger partial charge on any atom is -0.391 e. The lowest BCUT2D eigenvalue weighted by Crippen LogP contribution is -2.09. The number of anilines is 2. The lowest BCUT2D eigenvalue weighted by molar-refractivity contribution is 0.281. The van der Waals surface area contributed by atoms with Crippen molar-refractivity contribution in [3.8, 4) is 0 Å². The Kier molecular flexibility index (Phi) is 8.44. The highest BCUT2D eigenvalue weighted by Gasteiger charge is 2.10. The summed E-state index contributed by atoms with van der Waals surface area (Å²) >= 11 is 5.82. The molecule has 17 heavy (non-hydrogen) atoms. The van der Waals surface area contributed by atoms with E-state index in [0.717, 1.165) is 19.4 Å². The van der Waals surface area contributed by atoms with Crippen molar-refractivity contribution in [2.45, 2.75) is 40.2 Å². The number of aromatic nitrogens is 2. The zero-order chi connectivity index (χ0) is 13.3. The molecular formula is C11H21ClN4O. The molecule has 98 valence electrons. The number of nitrogens with two attached hydrogens (primary N) is 1. The third-order valence-electron chi connectivity index (χ3n) is 1.95. The fourth-order valence-corrected chi connectivity index (χ4v) is 1.38. The summed E-state index contributed by atoms with van der Waals surface area (Å²) in [6.07, 6.45) is 2.10. The second kappa shape index (κ2) is 9.01. The van der Waals surface area contributed by atoms with Crippen LogP contribution in [0.3, 0.4) is 0 Å². The van der Waals surface area contributed by atoms with Gasteiger partial charge < -0.3 is 16.2 Å². The summed E-state index contributed by atoms with van der Waals surface area (Å²) in [7, 11) is 0. The minimum atomic E-state index is -0.201. The highest BCUT2D eigenvalue weighted by atomic mass is 35.5. The van der Waals surface area contributed by atoms with Gasteiger partial charge >= 0.3 is 0 Å². The fourth-order valence-electron chi connectivity index (χ4n) is 1.14. The molecular weight excluding hydrogens is 240 g/mol. The van der Waals surface area contributed by atoms with Crippen LogP contribution in [-0.2, 0) is 6.61 Å². The molecule has 0 aromatic carbocycles. The topological polar surface area (TPSA) is 84.1 Å². The Balaban J connectivity index is 0.00000121. The van der Waals surface area contributed by atoms with Crippen LogP contribution in [0.15, 0.2) is 0 Å². The number of aliphatic hydroxyl groups excluding tert-OH is 1. The summed E-state index contributed by atoms with van der Waals surface area (Å²) in [5.74, 6) is 0.625. The smallest absolute Gasteiger partial charge is 0.223 e. The van der Waals surface area contributed by atoms with Crippen molar-refractivity contribution in [3.63, 3.8) is 0 Å². The van der Waals surface area contributed by atoms with Crippen molar-refractivity contribution in [2.75, 3.05) is 17.6 Å². The van der Waals surface area contributed by atoms with Gasteiger partial charge in [0, 0.05) is 6.54 Å². The van der Waals surface area contributed by atoms with Gasteiger partial charge in [-0.25, -0.2) is 4.98 Å². The molecule has 0 unspecified atom stereocenters. The van der Waals surface area contributed by atoms with Gasteiger partial charge in [-0.05, 0) is 6.42 Å². The summed E-state index contributed by atoms with van der Waals surface area (Å²) < 4.78 is 0. The minimum absolute atomic E-state index is 0.108. The Hall–Kier alpha value is -1.07. The van der Waals surface area contributed by atoms with Gasteiger partial charge in [-0.1, -0.05) is 38.8 Å². The highest BCUT2D eigenvalue weighted by molar-refractivity contribution is 6.30. The molecule has 1 heterocycles. The van der Waals surface area contributed by atoms with Crippen LogP contribution in [0.4, 0.5) is 11.8 Å². The molecule has 0 aliphatic rings. The monoisotopic (exact) mass is 260 g/mol. The Morgan fingerprint density at radius 3 is 2.53 bits per heavy atom. The molecule has 0 aliphatic carbocycles. The summed E-state index contributed by atoms with van der Waals surface area (Å²) in [4.78, 5) is 7.75. The van der Waals surface area contributed by atoms with E-state index in [1.165, 1.54) is 0 Å². The Labute approximate surface area is 107 Å². The maximum Gasteiger partial charge on any atom is 0.223 e. The van der Waals surface area contributed by atoms with Crippen molar-refractivity contribution >= 4 is 23.4 Å². The number of hydrogen-bond donors (Lipinski definition) is 3. The maximum atomic E-state index is 9.10. The number of halogens is 1. The largest absolute Gasteiger partial charge is 0.391 e. The van der Waals surface area contributed by atoms with Gasteiger partial charge in [0.05, 0.1) is 12.2 Å². The third kappa shape index (κ3) is 5.19. The quantitative estimate of drug-likeness (QED) is 0.559. The normalized spacial score (nSPS) is 9.47. The van der Waals surface area contributed by atoms with Crippen LogP contribution in [0, 0.1) is 0 Å². The van der Waals surface area contributed by atoms with Crippen molar-refractivity contribution in [2.24, 2.45) is 0 Å². The zero-order valence-electron chi connectivity index (χ0n) is 10.6. The van der Waals surface area contributed by atoms with Crippen LogP contribution >= 0.6 is 11.6 Å². The molecule has 0 saturated carbocycles. The predicted octanol–water partition coefficient (Wildman–Crippen LogP) is 2.44. The molecule has 6 heteroatoms. The van der Waals surface area contributed by atoms with Crippen LogP contribution in [0.25, 0.3) is 0 Å². The molecule has 4 N–H and O–H groups in total. The molecule has 5 nitrogen and oxygen atoms in total. The maximum absolute atomic E-state index is 9.10. The molecule has 1 aromatic rings. The predicted molar refractivity (Wildman–Crippen MR) is 72.1 cm³/mol. The van der Waals surface area contributed by atoms with Crippen LogP contribution in [0.2, 0.25) is 5.15 Å². The van der Waals surface area contributed by atoms with Gasteiger partial charge in [0.25, 0.3) is 0 Å². The lowest BCUT2D eigenvalue weighted by atomic mass is 10.3. The summed E-state index contributed by atoms with van der Waals surface area (Å²) in [5.41, 5.74) is 5.95. The van der Waals surface area contributed by atoms with E-state index < -0.39 is 0 Å². The summed E-state index contributed by atoms with van der Waals surface area (Å²) in [6, 6.07) is 0. The SMILES string of the molecule is CC.CCCCNc1nc(N)nc(Cl)c1CO. The van der Waals surface area contributed by atoms with Crippen molar-refractivity contribution in [3.05, 3.63) is 10.7 Å². The van der Waals surface area contributed by atoms with Crippen LogP contribution in [-0.4, -0.2) is 21.6 Å². The number of nitrogen functional groups attached to an aromatic ring is 1. The van der Waals surface area contributed by atoms with Gasteiger partial charge in [0.1, 0.15) is 11.0 Å². The Morgan fingerprint density at radius 1 is 1.35 bits per heavy atom. The summed E-state index contributed by atoms with van der Waals surface area (Å²) in [5, 5.41) is 12.4. The lowest BCUT2D eigenvalue weighted by Gasteiger charge is -2.10. The average Bonchev–Trinajstić information content (AvgIpc) is 2.31. The van der Waals surface area contributed by atoms with E-state index in [-0.39, 0.29) is 17.7 Å². The highest BCUT2D eigenvalue weighted by Crippen LogP contribution is 2.21. The van der Waals surface area contributed by atoms with Gasteiger partial charge in [-0.2, -0.15) is 4.98 Å². The molecule has 0 saturated heterocycles. The Morgan fingerprint density at radius 2 is 2.00 bits per heavy atom. The van der Waals surface area contributed by atoms with E-state index in [4.69, 9.17) is 22.4 Å². The van der Waals surface area contributed by atoms with E-state index in [2.05, 4.69) is 22.2 Å². The number of hydrogen-bond acceptors (Lipinski definition) is 5. The van der Waals surface area contributed by atoms with Crippen molar-refractivity contribution < 1.29 is 5.11 Å². The second-order valence-electron chi connectivity index (χ2n) is 3.14. The first-order valence-corrected chi connectivity index (χ1v) is 6.23. The number of rotatable bonds is 5. The van der Waals surface area contributed by atoms with Crippen molar-refractivity contribution in [1.82, 2.24) is 9.97 Å². The van der Waals surface area contributed by atoms with Crippen molar-refractivity contribution in [1.29, 1.82) is 0 Å². The summed E-state index contributed by atoms with van der Waals surface area (Å²) in [6.45, 7) is 6.67. The fraction of sp³-hybridized carbons (Fsp3) is 0.636. The first-order valence-electron chi connectivity index (χ1n) is 5.85. The van der Waals surface area contributed by atoms with Crippen LogP contribution in [0.5, 0.6) is 0 Å². The van der Waals surface area contributed by atoms with E-state index in [1.807, 2.05) is 13.8 Å². The van der Waals surface area contributed by atoms with Gasteiger partial charge in [0.15, 0.2) is 0 Å². The molecule has 1 rings (SSSR count). The molecule has 1 aromatic heterocycles. The van der Waals surface area contributed by atoms with E-state index in [9.17, 15) is 0 Å². The molecule has 0 aliphatic heterocycles. The first kappa shape index (κ1) is 15.9. The van der Waals surface area contributed by atoms with Gasteiger partial charge in [-0.3, -0.25) is 0 Å². The van der Waals surface area contributed by atoms with Crippen LogP contribution < -0.4 is 11.1 Å². The molecule has 0 amide bonds. The number of nitrogens with zero attached hydrogens (tertiary/aromatic N) is 2. The first-order chi connectivity index (χ1) is 8.19. The standard InChI is InChI=1S/C9H15ClN4O.C2H6/c1-2-3-4-12-8-6(5-15)7(10)13-9(11)14-8;1-2/h15H,2-5H2,1H3,(H3,11,12,13,14);1-2H3. The average molecular weight is 261 g/mol.